The molecule has 0 bridgehead atoms. The van der Waals surface area contributed by atoms with Gasteiger partial charge in [0.05, 0.1) is 13.0 Å². The van der Waals surface area contributed by atoms with Crippen LogP contribution in [0, 0.1) is 5.92 Å². The normalized spacial score (nSPS) is 21.8. The summed E-state index contributed by atoms with van der Waals surface area (Å²) in [7, 11) is 0. The highest BCUT2D eigenvalue weighted by molar-refractivity contribution is 5.84. The molecule has 1 atom stereocenters. The third-order valence-corrected chi connectivity index (χ3v) is 2.70. The number of carbonyl (C=O) groups excluding carboxylic acids is 1. The molecule has 0 saturated carbocycles. The van der Waals surface area contributed by atoms with Crippen molar-refractivity contribution in [2.45, 2.75) is 33.1 Å². The predicted molar refractivity (Wildman–Crippen MR) is 58.5 cm³/mol. The Morgan fingerprint density at radius 1 is 1.53 bits per heavy atom. The summed E-state index contributed by atoms with van der Waals surface area (Å²) in [6.07, 6.45) is 3.31. The zero-order valence-electron chi connectivity index (χ0n) is 9.29. The maximum absolute atomic E-state index is 11.6. The van der Waals surface area contributed by atoms with Gasteiger partial charge in [0.1, 0.15) is 11.5 Å². The summed E-state index contributed by atoms with van der Waals surface area (Å²) in [5, 5.41) is 18.4. The van der Waals surface area contributed by atoms with E-state index in [4.69, 9.17) is 5.11 Å². The average Bonchev–Trinajstić information content (AvgIpc) is 2.16. The number of rotatable bonds is 3. The average molecular weight is 210 g/mol. The van der Waals surface area contributed by atoms with Gasteiger partial charge in [0, 0.05) is 5.92 Å². The van der Waals surface area contributed by atoms with Crippen LogP contribution in [0.4, 0.5) is 0 Å². The van der Waals surface area contributed by atoms with Gasteiger partial charge in [-0.3, -0.25) is 4.79 Å². The SMILES string of the molecule is CC(C)=CC[C@H]1CC(CO)=C(O)CC1=O. The Labute approximate surface area is 90.1 Å². The first-order valence-electron chi connectivity index (χ1n) is 5.21. The van der Waals surface area contributed by atoms with Crippen LogP contribution >= 0.6 is 0 Å². The molecule has 3 heteroatoms. The van der Waals surface area contributed by atoms with Crippen LogP contribution in [-0.2, 0) is 4.79 Å². The molecule has 1 aliphatic carbocycles. The number of carbonyl (C=O) groups is 1. The van der Waals surface area contributed by atoms with Gasteiger partial charge in [0.2, 0.25) is 0 Å². The molecule has 0 aromatic carbocycles. The molecule has 15 heavy (non-hydrogen) atoms. The molecule has 0 aromatic rings. The lowest BCUT2D eigenvalue weighted by Crippen LogP contribution is -2.22. The van der Waals surface area contributed by atoms with E-state index < -0.39 is 0 Å². The van der Waals surface area contributed by atoms with Crippen LogP contribution in [0.3, 0.4) is 0 Å². The van der Waals surface area contributed by atoms with Crippen molar-refractivity contribution in [1.29, 1.82) is 0 Å². The molecule has 2 N–H and O–H groups in total. The summed E-state index contributed by atoms with van der Waals surface area (Å²) in [4.78, 5) is 11.6. The van der Waals surface area contributed by atoms with Crippen molar-refractivity contribution in [3.8, 4) is 0 Å². The molecule has 1 rings (SSSR count). The third kappa shape index (κ3) is 3.20. The van der Waals surface area contributed by atoms with Gasteiger partial charge in [-0.2, -0.15) is 0 Å². The van der Waals surface area contributed by atoms with Crippen LogP contribution < -0.4 is 0 Å². The van der Waals surface area contributed by atoms with Gasteiger partial charge in [0.15, 0.2) is 0 Å². The van der Waals surface area contributed by atoms with Crippen LogP contribution in [0.15, 0.2) is 23.0 Å². The summed E-state index contributed by atoms with van der Waals surface area (Å²) in [5.74, 6) is 0.0658. The van der Waals surface area contributed by atoms with E-state index in [1.54, 1.807) is 0 Å². The minimum absolute atomic E-state index is 0.0657. The topological polar surface area (TPSA) is 57.5 Å². The first kappa shape index (κ1) is 12.0. The Morgan fingerprint density at radius 3 is 2.73 bits per heavy atom. The zero-order valence-corrected chi connectivity index (χ0v) is 9.29. The van der Waals surface area contributed by atoms with E-state index in [1.807, 2.05) is 19.9 Å². The lowest BCUT2D eigenvalue weighted by molar-refractivity contribution is -0.123. The molecule has 0 spiro atoms. The first-order valence-corrected chi connectivity index (χ1v) is 5.21. The Kier molecular flexibility index (Phi) is 4.09. The highest BCUT2D eigenvalue weighted by atomic mass is 16.3. The molecule has 84 valence electrons. The van der Waals surface area contributed by atoms with Gasteiger partial charge in [-0.1, -0.05) is 11.6 Å². The molecule has 0 aromatic heterocycles. The summed E-state index contributed by atoms with van der Waals surface area (Å²) >= 11 is 0. The number of aliphatic hydroxyl groups is 2. The van der Waals surface area contributed by atoms with Gasteiger partial charge in [-0.25, -0.2) is 0 Å². The van der Waals surface area contributed by atoms with Gasteiger partial charge < -0.3 is 10.2 Å². The molecule has 3 nitrogen and oxygen atoms in total. The van der Waals surface area contributed by atoms with Crippen LogP contribution in [0.1, 0.15) is 33.1 Å². The highest BCUT2D eigenvalue weighted by Gasteiger charge is 2.26. The smallest absolute Gasteiger partial charge is 0.144 e. The van der Waals surface area contributed by atoms with Gasteiger partial charge >= 0.3 is 0 Å². The number of allylic oxidation sites excluding steroid dienone is 3. The Morgan fingerprint density at radius 2 is 2.20 bits per heavy atom. The van der Waals surface area contributed by atoms with E-state index in [9.17, 15) is 9.90 Å². The van der Waals surface area contributed by atoms with Gasteiger partial charge in [-0.15, -0.1) is 0 Å². The van der Waals surface area contributed by atoms with Gasteiger partial charge in [-0.05, 0) is 32.3 Å². The molecule has 0 amide bonds. The van der Waals surface area contributed by atoms with Crippen molar-refractivity contribution in [3.63, 3.8) is 0 Å². The summed E-state index contributed by atoms with van der Waals surface area (Å²) in [6.45, 7) is 3.84. The molecule has 0 unspecified atom stereocenters. The van der Waals surface area contributed by atoms with Gasteiger partial charge in [0.25, 0.3) is 0 Å². The fraction of sp³-hybridized carbons (Fsp3) is 0.583. The van der Waals surface area contributed by atoms with E-state index in [1.165, 1.54) is 5.57 Å². The van der Waals surface area contributed by atoms with E-state index in [2.05, 4.69) is 0 Å². The number of hydrogen-bond donors (Lipinski definition) is 2. The Balaban J connectivity index is 2.70. The standard InChI is InChI=1S/C12H18O3/c1-8(2)3-4-9-5-10(7-13)12(15)6-11(9)14/h3,9,13,15H,4-7H2,1-2H3/t9-/m0/s1. The molecule has 0 saturated heterocycles. The Hall–Kier alpha value is -1.09. The van der Waals surface area contributed by atoms with Crippen LogP contribution in [0.25, 0.3) is 0 Å². The second-order valence-electron chi connectivity index (χ2n) is 4.27. The number of aliphatic hydroxyl groups excluding tert-OH is 2. The summed E-state index contributed by atoms with van der Waals surface area (Å²) in [5.41, 5.74) is 1.80. The molecule has 0 radical (unpaired) electrons. The zero-order chi connectivity index (χ0) is 11.4. The fourth-order valence-corrected chi connectivity index (χ4v) is 1.71. The molecule has 0 aliphatic heterocycles. The molecule has 0 fully saturated rings. The predicted octanol–water partition coefficient (Wildman–Crippen LogP) is 2.13. The van der Waals surface area contributed by atoms with Crippen molar-refractivity contribution >= 4 is 5.78 Å². The van der Waals surface area contributed by atoms with E-state index in [-0.39, 0.29) is 30.5 Å². The second kappa shape index (κ2) is 5.12. The summed E-state index contributed by atoms with van der Waals surface area (Å²) in [6, 6.07) is 0. The van der Waals surface area contributed by atoms with Crippen molar-refractivity contribution in [1.82, 2.24) is 0 Å². The maximum Gasteiger partial charge on any atom is 0.144 e. The van der Waals surface area contributed by atoms with Crippen molar-refractivity contribution < 1.29 is 15.0 Å². The molecular weight excluding hydrogens is 192 g/mol. The number of ketones is 1. The largest absolute Gasteiger partial charge is 0.512 e. The third-order valence-electron chi connectivity index (χ3n) is 2.70. The van der Waals surface area contributed by atoms with Crippen molar-refractivity contribution in [3.05, 3.63) is 23.0 Å². The number of Topliss-reactive ketones (excluding diaryl/α,β-unsaturated/α-hetero) is 1. The quantitative estimate of drug-likeness (QED) is 0.701. The fourth-order valence-electron chi connectivity index (χ4n) is 1.71. The van der Waals surface area contributed by atoms with Crippen LogP contribution in [-0.4, -0.2) is 22.6 Å². The van der Waals surface area contributed by atoms with E-state index >= 15 is 0 Å². The molecule has 1 aliphatic rings. The second-order valence-corrected chi connectivity index (χ2v) is 4.27. The lowest BCUT2D eigenvalue weighted by atomic mass is 9.84. The summed E-state index contributed by atoms with van der Waals surface area (Å²) < 4.78 is 0. The van der Waals surface area contributed by atoms with E-state index in [0.717, 1.165) is 0 Å². The highest BCUT2D eigenvalue weighted by Crippen LogP contribution is 2.27. The van der Waals surface area contributed by atoms with Crippen molar-refractivity contribution in [2.24, 2.45) is 5.92 Å². The van der Waals surface area contributed by atoms with Crippen LogP contribution in [0.5, 0.6) is 0 Å². The Bertz CT molecular complexity index is 309. The monoisotopic (exact) mass is 210 g/mol. The molecule has 0 heterocycles. The van der Waals surface area contributed by atoms with Crippen molar-refractivity contribution in [2.75, 3.05) is 6.61 Å². The van der Waals surface area contributed by atoms with Crippen LogP contribution in [0.2, 0.25) is 0 Å². The lowest BCUT2D eigenvalue weighted by Gasteiger charge is -2.21. The molecular formula is C12H18O3. The number of hydrogen-bond acceptors (Lipinski definition) is 3. The maximum atomic E-state index is 11.6. The first-order chi connectivity index (χ1) is 7.04. The minimum Gasteiger partial charge on any atom is -0.512 e. The minimum atomic E-state index is -0.148. The van der Waals surface area contributed by atoms with E-state index in [0.29, 0.717) is 18.4 Å².